The van der Waals surface area contributed by atoms with Crippen molar-refractivity contribution in [2.75, 3.05) is 13.6 Å². The first-order valence-corrected chi connectivity index (χ1v) is 7.56. The summed E-state index contributed by atoms with van der Waals surface area (Å²) in [6, 6.07) is 8.48. The molecule has 110 valence electrons. The minimum absolute atomic E-state index is 0. The summed E-state index contributed by atoms with van der Waals surface area (Å²) in [4.78, 5) is 0.325. The number of nitrogens with two attached hydrogens (primary N) is 1. The van der Waals surface area contributed by atoms with Crippen LogP contribution in [0.25, 0.3) is 0 Å². The highest BCUT2D eigenvalue weighted by Gasteiger charge is 2.21. The molecule has 0 aliphatic carbocycles. The van der Waals surface area contributed by atoms with E-state index in [9.17, 15) is 8.42 Å². The third kappa shape index (κ3) is 5.10. The molecule has 1 unspecified atom stereocenters. The maximum absolute atomic E-state index is 12.2. The summed E-state index contributed by atoms with van der Waals surface area (Å²) in [6.07, 6.45) is 0.667. The fourth-order valence-electron chi connectivity index (χ4n) is 1.56. The van der Waals surface area contributed by atoms with Crippen LogP contribution in [0.1, 0.15) is 20.3 Å². The average Bonchev–Trinajstić information content (AvgIpc) is 2.36. The van der Waals surface area contributed by atoms with Crippen LogP contribution < -0.4 is 5.73 Å². The number of nitrogens with zero attached hydrogens (tertiary/aromatic N) is 1. The number of sulfonamides is 1. The number of hydrogen-bond acceptors (Lipinski definition) is 3. The van der Waals surface area contributed by atoms with Crippen LogP contribution >= 0.6 is 12.4 Å². The van der Waals surface area contributed by atoms with E-state index in [2.05, 4.69) is 0 Å². The highest BCUT2D eigenvalue weighted by Crippen LogP contribution is 2.14. The van der Waals surface area contributed by atoms with E-state index in [4.69, 9.17) is 5.73 Å². The SMILES string of the molecule is CC(C)C(N)CCN(C)S(=O)(=O)c1ccccc1.Cl. The Morgan fingerprint density at radius 2 is 1.74 bits per heavy atom. The van der Waals surface area contributed by atoms with Crippen molar-refractivity contribution in [2.45, 2.75) is 31.2 Å². The molecule has 0 aliphatic heterocycles. The zero-order chi connectivity index (χ0) is 13.8. The minimum atomic E-state index is -3.38. The lowest BCUT2D eigenvalue weighted by molar-refractivity contribution is 0.397. The summed E-state index contributed by atoms with van der Waals surface area (Å²) < 4.78 is 25.8. The summed E-state index contributed by atoms with van der Waals surface area (Å²) in [6.45, 7) is 4.52. The Balaban J connectivity index is 0.00000324. The van der Waals surface area contributed by atoms with Gasteiger partial charge in [-0.25, -0.2) is 12.7 Å². The van der Waals surface area contributed by atoms with Crippen LogP contribution in [0.2, 0.25) is 0 Å². The molecule has 6 heteroatoms. The van der Waals surface area contributed by atoms with Crippen molar-refractivity contribution in [3.05, 3.63) is 30.3 Å². The van der Waals surface area contributed by atoms with Gasteiger partial charge >= 0.3 is 0 Å². The van der Waals surface area contributed by atoms with E-state index in [1.54, 1.807) is 37.4 Å². The van der Waals surface area contributed by atoms with Gasteiger partial charge in [0.25, 0.3) is 0 Å². The summed E-state index contributed by atoms with van der Waals surface area (Å²) >= 11 is 0. The third-order valence-electron chi connectivity index (χ3n) is 3.09. The van der Waals surface area contributed by atoms with E-state index < -0.39 is 10.0 Å². The van der Waals surface area contributed by atoms with Crippen LogP contribution in [0.15, 0.2) is 35.2 Å². The van der Waals surface area contributed by atoms with Gasteiger partial charge in [0.15, 0.2) is 0 Å². The largest absolute Gasteiger partial charge is 0.327 e. The van der Waals surface area contributed by atoms with Crippen molar-refractivity contribution in [1.29, 1.82) is 0 Å². The van der Waals surface area contributed by atoms with Gasteiger partial charge in [0.2, 0.25) is 10.0 Å². The molecular formula is C13H23ClN2O2S. The van der Waals surface area contributed by atoms with E-state index in [1.807, 2.05) is 13.8 Å². The quantitative estimate of drug-likeness (QED) is 0.875. The molecule has 0 aliphatic rings. The molecule has 1 rings (SSSR count). The Bertz CT molecular complexity index is 463. The van der Waals surface area contributed by atoms with Gasteiger partial charge in [0, 0.05) is 19.6 Å². The fourth-order valence-corrected chi connectivity index (χ4v) is 2.76. The average molecular weight is 307 g/mol. The highest BCUT2D eigenvalue weighted by molar-refractivity contribution is 7.89. The predicted molar refractivity (Wildman–Crippen MR) is 80.9 cm³/mol. The summed E-state index contributed by atoms with van der Waals surface area (Å²) in [5.41, 5.74) is 5.93. The smallest absolute Gasteiger partial charge is 0.242 e. The first-order chi connectivity index (χ1) is 8.35. The molecule has 0 spiro atoms. The van der Waals surface area contributed by atoms with Gasteiger partial charge in [-0.15, -0.1) is 12.4 Å². The van der Waals surface area contributed by atoms with Crippen molar-refractivity contribution in [3.8, 4) is 0 Å². The molecule has 19 heavy (non-hydrogen) atoms. The molecule has 1 aromatic carbocycles. The van der Waals surface area contributed by atoms with Gasteiger partial charge < -0.3 is 5.73 Å². The lowest BCUT2D eigenvalue weighted by atomic mass is 10.0. The molecule has 0 bridgehead atoms. The number of benzene rings is 1. The minimum Gasteiger partial charge on any atom is -0.327 e. The van der Waals surface area contributed by atoms with Crippen molar-refractivity contribution < 1.29 is 8.42 Å². The first-order valence-electron chi connectivity index (χ1n) is 6.12. The maximum atomic E-state index is 12.2. The van der Waals surface area contributed by atoms with Crippen molar-refractivity contribution >= 4 is 22.4 Å². The Morgan fingerprint density at radius 3 is 2.21 bits per heavy atom. The summed E-state index contributed by atoms with van der Waals surface area (Å²) in [5, 5.41) is 0. The molecule has 0 amide bonds. The molecule has 0 aromatic heterocycles. The molecule has 0 heterocycles. The van der Waals surface area contributed by atoms with Crippen LogP contribution in [-0.4, -0.2) is 32.4 Å². The molecular weight excluding hydrogens is 284 g/mol. The lowest BCUT2D eigenvalue weighted by Gasteiger charge is -2.21. The van der Waals surface area contributed by atoms with Gasteiger partial charge in [0.05, 0.1) is 4.90 Å². The molecule has 1 aromatic rings. The first kappa shape index (κ1) is 18.4. The van der Waals surface area contributed by atoms with Crippen molar-refractivity contribution in [3.63, 3.8) is 0 Å². The highest BCUT2D eigenvalue weighted by atomic mass is 35.5. The lowest BCUT2D eigenvalue weighted by Crippen LogP contribution is -2.34. The van der Waals surface area contributed by atoms with Crippen LogP contribution in [0.5, 0.6) is 0 Å². The van der Waals surface area contributed by atoms with E-state index in [0.29, 0.717) is 23.8 Å². The second kappa shape index (κ2) is 7.85. The van der Waals surface area contributed by atoms with E-state index >= 15 is 0 Å². The third-order valence-corrected chi connectivity index (χ3v) is 4.96. The summed E-state index contributed by atoms with van der Waals surface area (Å²) in [5.74, 6) is 0.359. The topological polar surface area (TPSA) is 63.4 Å². The van der Waals surface area contributed by atoms with Crippen LogP contribution in [0.4, 0.5) is 0 Å². The van der Waals surface area contributed by atoms with E-state index in [0.717, 1.165) is 0 Å². The molecule has 2 N–H and O–H groups in total. The van der Waals surface area contributed by atoms with Crippen molar-refractivity contribution in [2.24, 2.45) is 11.7 Å². The Kier molecular flexibility index (Phi) is 7.59. The van der Waals surface area contributed by atoms with Gasteiger partial charge in [-0.2, -0.15) is 0 Å². The second-order valence-electron chi connectivity index (χ2n) is 4.84. The number of halogens is 1. The fraction of sp³-hybridized carbons (Fsp3) is 0.538. The molecule has 0 fully saturated rings. The Hall–Kier alpha value is -0.620. The zero-order valence-corrected chi connectivity index (χ0v) is 13.2. The van der Waals surface area contributed by atoms with Gasteiger partial charge in [-0.1, -0.05) is 32.0 Å². The molecule has 4 nitrogen and oxygen atoms in total. The van der Waals surface area contributed by atoms with Gasteiger partial charge in [-0.3, -0.25) is 0 Å². The Labute approximate surface area is 122 Å². The van der Waals surface area contributed by atoms with Crippen molar-refractivity contribution in [1.82, 2.24) is 4.31 Å². The van der Waals surface area contributed by atoms with Crippen LogP contribution in [0, 0.1) is 5.92 Å². The van der Waals surface area contributed by atoms with E-state index in [-0.39, 0.29) is 18.4 Å². The number of rotatable bonds is 6. The standard InChI is InChI=1S/C13H22N2O2S.ClH/c1-11(2)13(14)9-10-15(3)18(16,17)12-7-5-4-6-8-12;/h4-8,11,13H,9-10,14H2,1-3H3;1H. The Morgan fingerprint density at radius 1 is 1.21 bits per heavy atom. The molecule has 0 radical (unpaired) electrons. The molecule has 1 atom stereocenters. The zero-order valence-electron chi connectivity index (χ0n) is 11.6. The summed E-state index contributed by atoms with van der Waals surface area (Å²) in [7, 11) is -1.79. The molecule has 0 saturated heterocycles. The van der Waals surface area contributed by atoms with Crippen LogP contribution in [0.3, 0.4) is 0 Å². The molecule has 0 saturated carbocycles. The number of hydrogen-bond donors (Lipinski definition) is 1. The van der Waals surface area contributed by atoms with E-state index in [1.165, 1.54) is 4.31 Å². The second-order valence-corrected chi connectivity index (χ2v) is 6.88. The van der Waals surface area contributed by atoms with Gasteiger partial charge in [-0.05, 0) is 24.5 Å². The van der Waals surface area contributed by atoms with Crippen LogP contribution in [-0.2, 0) is 10.0 Å². The predicted octanol–water partition coefficient (Wildman–Crippen LogP) is 2.10. The monoisotopic (exact) mass is 306 g/mol. The normalized spacial score (nSPS) is 13.4. The maximum Gasteiger partial charge on any atom is 0.242 e. The van der Waals surface area contributed by atoms with Gasteiger partial charge in [0.1, 0.15) is 0 Å².